The van der Waals surface area contributed by atoms with Crippen molar-refractivity contribution in [1.82, 2.24) is 9.78 Å². The van der Waals surface area contributed by atoms with Crippen LogP contribution in [0.5, 0.6) is 0 Å². The van der Waals surface area contributed by atoms with Crippen LogP contribution in [0.4, 0.5) is 5.69 Å². The Morgan fingerprint density at radius 3 is 2.30 bits per heavy atom. The normalized spacial score (nSPS) is 10.4. The average molecular weight is 309 g/mol. The minimum atomic E-state index is -1.14. The van der Waals surface area contributed by atoms with Gasteiger partial charge in [0.25, 0.3) is 5.69 Å². The molecule has 0 aliphatic heterocycles. The van der Waals surface area contributed by atoms with E-state index in [1.54, 1.807) is 0 Å². The molecule has 2 aromatic carbocycles. The van der Waals surface area contributed by atoms with Gasteiger partial charge in [0, 0.05) is 17.7 Å². The summed E-state index contributed by atoms with van der Waals surface area (Å²) in [4.78, 5) is 21.5. The number of carbonyl (C=O) groups is 1. The molecule has 0 fully saturated rings. The van der Waals surface area contributed by atoms with E-state index in [2.05, 4.69) is 5.10 Å². The molecule has 0 unspecified atom stereocenters. The molecule has 0 atom stereocenters. The lowest BCUT2D eigenvalue weighted by molar-refractivity contribution is -0.384. The topological polar surface area (TPSA) is 98.3 Å². The largest absolute Gasteiger partial charge is 0.476 e. The molecule has 0 aliphatic carbocycles. The van der Waals surface area contributed by atoms with Crippen LogP contribution in [0.25, 0.3) is 16.9 Å². The number of benzene rings is 2. The predicted molar refractivity (Wildman–Crippen MR) is 82.6 cm³/mol. The quantitative estimate of drug-likeness (QED) is 0.589. The van der Waals surface area contributed by atoms with Crippen molar-refractivity contribution in [1.29, 1.82) is 0 Å². The maximum atomic E-state index is 11.2. The SMILES string of the molecule is O=C(O)c1cc(-c2ccccc2)n(-c2ccc([N+](=O)[O-])cc2)n1. The van der Waals surface area contributed by atoms with Crippen molar-refractivity contribution >= 4 is 11.7 Å². The van der Waals surface area contributed by atoms with E-state index in [9.17, 15) is 14.9 Å². The first-order valence-electron chi connectivity index (χ1n) is 6.70. The van der Waals surface area contributed by atoms with E-state index < -0.39 is 10.9 Å². The molecule has 3 rings (SSSR count). The van der Waals surface area contributed by atoms with Crippen molar-refractivity contribution in [2.75, 3.05) is 0 Å². The second kappa shape index (κ2) is 5.72. The van der Waals surface area contributed by atoms with Gasteiger partial charge in [0.2, 0.25) is 0 Å². The monoisotopic (exact) mass is 309 g/mol. The fourth-order valence-corrected chi connectivity index (χ4v) is 2.21. The lowest BCUT2D eigenvalue weighted by Crippen LogP contribution is -2.02. The molecule has 0 saturated heterocycles. The zero-order valence-electron chi connectivity index (χ0n) is 11.8. The van der Waals surface area contributed by atoms with Crippen LogP contribution < -0.4 is 0 Å². The third kappa shape index (κ3) is 2.80. The highest BCUT2D eigenvalue weighted by molar-refractivity contribution is 5.87. The number of nitrogens with zero attached hydrogens (tertiary/aromatic N) is 3. The van der Waals surface area contributed by atoms with Gasteiger partial charge in [-0.25, -0.2) is 9.48 Å². The summed E-state index contributed by atoms with van der Waals surface area (Å²) in [6.45, 7) is 0. The van der Waals surface area contributed by atoms with Crippen LogP contribution in [-0.4, -0.2) is 25.8 Å². The molecule has 0 radical (unpaired) electrons. The Hall–Kier alpha value is -3.48. The zero-order chi connectivity index (χ0) is 16.4. The summed E-state index contributed by atoms with van der Waals surface area (Å²) in [5.74, 6) is -1.14. The van der Waals surface area contributed by atoms with Gasteiger partial charge in [0.05, 0.1) is 16.3 Å². The number of rotatable bonds is 4. The Labute approximate surface area is 130 Å². The Morgan fingerprint density at radius 2 is 1.74 bits per heavy atom. The van der Waals surface area contributed by atoms with E-state index in [1.807, 2.05) is 30.3 Å². The number of hydrogen-bond acceptors (Lipinski definition) is 4. The van der Waals surface area contributed by atoms with Crippen molar-refractivity contribution in [2.45, 2.75) is 0 Å². The van der Waals surface area contributed by atoms with Crippen LogP contribution in [0.1, 0.15) is 10.5 Å². The summed E-state index contributed by atoms with van der Waals surface area (Å²) in [5, 5.41) is 24.0. The molecule has 23 heavy (non-hydrogen) atoms. The van der Waals surface area contributed by atoms with Crippen LogP contribution >= 0.6 is 0 Å². The number of hydrogen-bond donors (Lipinski definition) is 1. The van der Waals surface area contributed by atoms with Gasteiger partial charge < -0.3 is 5.11 Å². The minimum absolute atomic E-state index is 0.0411. The lowest BCUT2D eigenvalue weighted by atomic mass is 10.1. The van der Waals surface area contributed by atoms with E-state index >= 15 is 0 Å². The Balaban J connectivity index is 2.14. The van der Waals surface area contributed by atoms with Crippen LogP contribution in [0.15, 0.2) is 60.7 Å². The number of aromatic nitrogens is 2. The fraction of sp³-hybridized carbons (Fsp3) is 0. The summed E-state index contributed by atoms with van der Waals surface area (Å²) >= 11 is 0. The standard InChI is InChI=1S/C16H11N3O4/c20-16(21)14-10-15(11-4-2-1-3-5-11)18(17-14)12-6-8-13(9-7-12)19(22)23/h1-10H,(H,20,21). The molecule has 7 heteroatoms. The van der Waals surface area contributed by atoms with Crippen molar-refractivity contribution in [3.63, 3.8) is 0 Å². The summed E-state index contributed by atoms with van der Waals surface area (Å²) < 4.78 is 1.46. The van der Waals surface area contributed by atoms with Crippen molar-refractivity contribution in [2.24, 2.45) is 0 Å². The number of carboxylic acids is 1. The lowest BCUT2D eigenvalue weighted by Gasteiger charge is -2.07. The zero-order valence-corrected chi connectivity index (χ0v) is 11.8. The van der Waals surface area contributed by atoms with E-state index in [0.29, 0.717) is 11.4 Å². The molecule has 1 aromatic heterocycles. The molecule has 0 spiro atoms. The van der Waals surface area contributed by atoms with Crippen LogP contribution in [0.2, 0.25) is 0 Å². The number of non-ortho nitro benzene ring substituents is 1. The van der Waals surface area contributed by atoms with Crippen LogP contribution in [0, 0.1) is 10.1 Å². The number of aromatic carboxylic acids is 1. The van der Waals surface area contributed by atoms with Crippen LogP contribution in [-0.2, 0) is 0 Å². The Kier molecular flexibility index (Phi) is 3.60. The van der Waals surface area contributed by atoms with Gasteiger partial charge in [-0.15, -0.1) is 0 Å². The first kappa shape index (κ1) is 14.5. The average Bonchev–Trinajstić information content (AvgIpc) is 3.01. The molecule has 0 saturated carbocycles. The maximum Gasteiger partial charge on any atom is 0.356 e. The van der Waals surface area contributed by atoms with Gasteiger partial charge in [-0.05, 0) is 18.2 Å². The van der Waals surface area contributed by atoms with Gasteiger partial charge >= 0.3 is 5.97 Å². The minimum Gasteiger partial charge on any atom is -0.476 e. The summed E-state index contributed by atoms with van der Waals surface area (Å²) in [6, 6.07) is 16.4. The molecule has 3 aromatic rings. The maximum absolute atomic E-state index is 11.2. The molecular formula is C16H11N3O4. The number of carboxylic acid groups (broad SMARTS) is 1. The highest BCUT2D eigenvalue weighted by Crippen LogP contribution is 2.25. The van der Waals surface area contributed by atoms with Gasteiger partial charge in [0.1, 0.15) is 0 Å². The summed E-state index contributed by atoms with van der Waals surface area (Å²) in [7, 11) is 0. The van der Waals surface area contributed by atoms with Gasteiger partial charge in [-0.1, -0.05) is 30.3 Å². The first-order valence-corrected chi connectivity index (χ1v) is 6.70. The van der Waals surface area contributed by atoms with E-state index in [1.165, 1.54) is 35.0 Å². The molecule has 1 N–H and O–H groups in total. The molecule has 0 amide bonds. The van der Waals surface area contributed by atoms with Crippen molar-refractivity contribution in [3.8, 4) is 16.9 Å². The van der Waals surface area contributed by atoms with Gasteiger partial charge in [-0.3, -0.25) is 10.1 Å². The van der Waals surface area contributed by atoms with E-state index in [4.69, 9.17) is 5.11 Å². The fourth-order valence-electron chi connectivity index (χ4n) is 2.21. The number of nitro benzene ring substituents is 1. The number of nitro groups is 1. The highest BCUT2D eigenvalue weighted by atomic mass is 16.6. The van der Waals surface area contributed by atoms with Gasteiger partial charge in [0.15, 0.2) is 5.69 Å². The second-order valence-electron chi connectivity index (χ2n) is 4.77. The molecule has 7 nitrogen and oxygen atoms in total. The summed E-state index contributed by atoms with van der Waals surface area (Å²) in [6.07, 6.45) is 0. The first-order chi connectivity index (χ1) is 11.1. The van der Waals surface area contributed by atoms with Crippen LogP contribution in [0.3, 0.4) is 0 Å². The highest BCUT2D eigenvalue weighted by Gasteiger charge is 2.16. The smallest absolute Gasteiger partial charge is 0.356 e. The molecule has 114 valence electrons. The van der Waals surface area contributed by atoms with Crippen molar-refractivity contribution < 1.29 is 14.8 Å². The van der Waals surface area contributed by atoms with Gasteiger partial charge in [-0.2, -0.15) is 5.10 Å². The van der Waals surface area contributed by atoms with E-state index in [-0.39, 0.29) is 11.4 Å². The third-order valence-corrected chi connectivity index (χ3v) is 3.30. The molecule has 1 heterocycles. The molecular weight excluding hydrogens is 298 g/mol. The van der Waals surface area contributed by atoms with E-state index in [0.717, 1.165) is 5.56 Å². The second-order valence-corrected chi connectivity index (χ2v) is 4.77. The third-order valence-electron chi connectivity index (χ3n) is 3.30. The summed E-state index contributed by atoms with van der Waals surface area (Å²) in [5.41, 5.74) is 1.80. The predicted octanol–water partition coefficient (Wildman–Crippen LogP) is 3.15. The van der Waals surface area contributed by atoms with Crippen molar-refractivity contribution in [3.05, 3.63) is 76.5 Å². The molecule has 0 aliphatic rings. The Morgan fingerprint density at radius 1 is 1.09 bits per heavy atom. The molecule has 0 bridgehead atoms. The Bertz CT molecular complexity index is 870.